The van der Waals surface area contributed by atoms with E-state index in [1.165, 1.54) is 13.8 Å². The molecule has 15 heteroatoms. The van der Waals surface area contributed by atoms with Gasteiger partial charge in [0.1, 0.15) is 30.3 Å². The Morgan fingerprint density at radius 2 is 1.82 bits per heavy atom. The van der Waals surface area contributed by atoms with E-state index in [9.17, 15) is 14.7 Å². The number of aromatic hydroxyl groups is 1. The second kappa shape index (κ2) is 12.8. The van der Waals surface area contributed by atoms with Crippen LogP contribution in [0.4, 0.5) is 0 Å². The lowest BCUT2D eigenvalue weighted by molar-refractivity contribution is -0.159. The van der Waals surface area contributed by atoms with Gasteiger partial charge in [0.25, 0.3) is 0 Å². The molecule has 1 aromatic heterocycles. The molecule has 8 aliphatic heterocycles. The second-order valence-corrected chi connectivity index (χ2v) is 19.0. The molecule has 1 spiro atoms. The number of hydrogen-bond acceptors (Lipinski definition) is 15. The van der Waals surface area contributed by atoms with E-state index in [1.807, 2.05) is 38.1 Å². The van der Waals surface area contributed by atoms with Crippen LogP contribution in [0.15, 0.2) is 34.7 Å². The van der Waals surface area contributed by atoms with Crippen molar-refractivity contribution >= 4 is 40.6 Å². The van der Waals surface area contributed by atoms with Crippen molar-refractivity contribution in [2.75, 3.05) is 39.4 Å². The van der Waals surface area contributed by atoms with Crippen LogP contribution in [-0.4, -0.2) is 89.9 Å². The number of phenols is 1. The Morgan fingerprint density at radius 3 is 2.58 bits per heavy atom. The zero-order valence-electron chi connectivity index (χ0n) is 34.6. The molecule has 2 N–H and O–H groups in total. The Kier molecular flexibility index (Phi) is 8.10. The molecular weight excluding hydrogens is 791 g/mol. The van der Waals surface area contributed by atoms with Gasteiger partial charge in [-0.1, -0.05) is 18.2 Å². The predicted octanol–water partition coefficient (Wildman–Crippen LogP) is 5.90. The van der Waals surface area contributed by atoms with Crippen LogP contribution in [0, 0.1) is 13.8 Å². The topological polar surface area (TPSA) is 158 Å². The first-order valence-electron chi connectivity index (χ1n) is 20.5. The molecule has 3 aromatic carbocycles. The number of para-hydroxylation sites is 1. The first-order chi connectivity index (χ1) is 28.7. The Balaban J connectivity index is 1.17. The van der Waals surface area contributed by atoms with E-state index in [1.54, 1.807) is 18.9 Å². The average molecular weight is 838 g/mol. The highest BCUT2D eigenvalue weighted by Crippen LogP contribution is 2.71. The maximum Gasteiger partial charge on any atom is 0.335 e. The van der Waals surface area contributed by atoms with Crippen LogP contribution in [0.1, 0.15) is 96.2 Å². The molecule has 8 atom stereocenters. The molecule has 0 saturated carbocycles. The van der Waals surface area contributed by atoms with Gasteiger partial charge in [-0.05, 0) is 63.8 Å². The van der Waals surface area contributed by atoms with E-state index in [-0.39, 0.29) is 43.6 Å². The Bertz CT molecular complexity index is 2590. The fourth-order valence-corrected chi connectivity index (χ4v) is 14.0. The van der Waals surface area contributed by atoms with Crippen LogP contribution in [0.2, 0.25) is 0 Å². The molecule has 3 fully saturated rings. The van der Waals surface area contributed by atoms with Crippen molar-refractivity contribution in [3.05, 3.63) is 75.0 Å². The minimum atomic E-state index is -1.51. The van der Waals surface area contributed by atoms with Gasteiger partial charge in [-0.3, -0.25) is 24.7 Å². The number of nitrogens with one attached hydrogen (secondary N) is 1. The van der Waals surface area contributed by atoms with Gasteiger partial charge in [-0.25, -0.2) is 4.79 Å². The quantitative estimate of drug-likeness (QED) is 0.185. The minimum absolute atomic E-state index is 0.0163. The van der Waals surface area contributed by atoms with Gasteiger partial charge >= 0.3 is 17.9 Å². The summed E-state index contributed by atoms with van der Waals surface area (Å²) >= 11 is 1.55. The zero-order valence-corrected chi connectivity index (χ0v) is 35.4. The smallest absolute Gasteiger partial charge is 0.335 e. The van der Waals surface area contributed by atoms with Crippen molar-refractivity contribution in [2.24, 2.45) is 0 Å². The van der Waals surface area contributed by atoms with Gasteiger partial charge in [-0.2, -0.15) is 0 Å². The Labute approximate surface area is 350 Å². The largest absolute Gasteiger partial charge is 0.504 e. The third kappa shape index (κ3) is 4.85. The summed E-state index contributed by atoms with van der Waals surface area (Å²) in [5.41, 5.74) is 4.01. The first kappa shape index (κ1) is 38.0. The van der Waals surface area contributed by atoms with Crippen molar-refractivity contribution < 1.29 is 52.3 Å². The van der Waals surface area contributed by atoms with E-state index in [2.05, 4.69) is 35.0 Å². The first-order valence-corrected chi connectivity index (χ1v) is 21.6. The number of rotatable bonds is 4. The van der Waals surface area contributed by atoms with Gasteiger partial charge in [0, 0.05) is 82.5 Å². The number of benzene rings is 3. The molecule has 12 rings (SSSR count). The number of nitrogens with zero attached hydrogens (tertiary/aromatic N) is 2. The number of esters is 3. The molecule has 14 nitrogen and oxygen atoms in total. The normalized spacial score (nSPS) is 32.0. The van der Waals surface area contributed by atoms with Crippen LogP contribution in [0.3, 0.4) is 0 Å². The summed E-state index contributed by atoms with van der Waals surface area (Å²) in [6.07, 6.45) is 1.19. The summed E-state index contributed by atoms with van der Waals surface area (Å²) in [6, 6.07) is 8.14. The molecule has 0 radical (unpaired) electrons. The summed E-state index contributed by atoms with van der Waals surface area (Å²) < 4.78 is 43.5. The van der Waals surface area contributed by atoms with Crippen molar-refractivity contribution in [3.8, 4) is 28.7 Å². The van der Waals surface area contributed by atoms with Gasteiger partial charge in [-0.15, -0.1) is 11.8 Å². The molecule has 3 saturated heterocycles. The number of piperazine rings is 1. The third-order valence-corrected chi connectivity index (χ3v) is 15.8. The molecular formula is C45H47N3O11S. The molecule has 8 aliphatic rings. The number of carbonyl (C=O) groups excluding carboxylic acids is 3. The lowest BCUT2D eigenvalue weighted by Gasteiger charge is -2.60. The summed E-state index contributed by atoms with van der Waals surface area (Å²) in [5.74, 6) is 1.17. The lowest BCUT2D eigenvalue weighted by atomic mass is 9.72. The van der Waals surface area contributed by atoms with Crippen molar-refractivity contribution in [3.63, 3.8) is 0 Å². The predicted molar refractivity (Wildman–Crippen MR) is 218 cm³/mol. The van der Waals surface area contributed by atoms with Crippen molar-refractivity contribution in [1.29, 1.82) is 0 Å². The van der Waals surface area contributed by atoms with Crippen molar-refractivity contribution in [2.45, 2.75) is 100 Å². The molecule has 60 heavy (non-hydrogen) atoms. The molecule has 4 aromatic rings. The highest BCUT2D eigenvalue weighted by molar-refractivity contribution is 7.99. The summed E-state index contributed by atoms with van der Waals surface area (Å²) in [6.45, 7) is 11.8. The summed E-state index contributed by atoms with van der Waals surface area (Å²) in [4.78, 5) is 45.6. The highest BCUT2D eigenvalue weighted by Gasteiger charge is 2.71. The molecule has 0 aliphatic carbocycles. The Morgan fingerprint density at radius 1 is 1.03 bits per heavy atom. The molecule has 9 heterocycles. The number of hydrogen-bond donors (Lipinski definition) is 2. The standard InChI is InChI=1S/C45H47N3O11S/c1-20-12-27-30(35(51)36(20)53-7)33-34-40-32-31(39-38(56-19-57-39)21(2)37(32)58-23(4)50)28(48(34)43(5)16-44(27,6)47(33)17-43)15-55-42(52)45(18-60-40)41-26(13-24(46-45)14-54-22(3)49)25-10-8-9-11-29(25)59-41/h8-12,24,28,33-34,40,46,51H,13-19H2,1-7H3/t24-,28?,33+,34?,40+,43+,44+,45+/m0/s1. The fourth-order valence-electron chi connectivity index (χ4n) is 12.3. The molecule has 314 valence electrons. The fraction of sp³-hybridized carbons (Fsp3) is 0.489. The van der Waals surface area contributed by atoms with E-state index in [0.29, 0.717) is 52.9 Å². The van der Waals surface area contributed by atoms with Crippen LogP contribution >= 0.6 is 11.8 Å². The summed E-state index contributed by atoms with van der Waals surface area (Å²) in [7, 11) is 1.58. The van der Waals surface area contributed by atoms with Gasteiger partial charge in [0.2, 0.25) is 6.79 Å². The average Bonchev–Trinajstić information content (AvgIpc) is 3.95. The number of aryl methyl sites for hydroxylation is 1. The van der Waals surface area contributed by atoms with E-state index >= 15 is 4.79 Å². The second-order valence-electron chi connectivity index (χ2n) is 17.9. The van der Waals surface area contributed by atoms with Gasteiger partial charge in [0.05, 0.1) is 24.4 Å². The number of phenolic OH excluding ortho intramolecular Hbond substituents is 1. The zero-order chi connectivity index (χ0) is 41.8. The van der Waals surface area contributed by atoms with E-state index in [0.717, 1.165) is 45.2 Å². The monoisotopic (exact) mass is 837 g/mol. The summed E-state index contributed by atoms with van der Waals surface area (Å²) in [5, 5.41) is 16.3. The number of furan rings is 1. The maximum absolute atomic E-state index is 15.2. The third-order valence-electron chi connectivity index (χ3n) is 14.3. The van der Waals surface area contributed by atoms with Crippen LogP contribution in [0.25, 0.3) is 11.0 Å². The van der Waals surface area contributed by atoms with Crippen LogP contribution in [0.5, 0.6) is 28.7 Å². The lowest BCUT2D eigenvalue weighted by Crippen LogP contribution is -2.67. The number of carbonyl (C=O) groups is 3. The van der Waals surface area contributed by atoms with E-state index < -0.39 is 51.9 Å². The number of fused-ring (bicyclic) bond motifs is 11. The Hall–Kier alpha value is -4.96. The number of ether oxygens (including phenoxy) is 6. The highest BCUT2D eigenvalue weighted by atomic mass is 32.2. The number of thioether (sulfide) groups is 1. The number of methoxy groups -OCH3 is 1. The van der Waals surface area contributed by atoms with E-state index in [4.69, 9.17) is 32.8 Å². The van der Waals surface area contributed by atoms with Gasteiger partial charge in [0.15, 0.2) is 28.5 Å². The SMILES string of the molecule is COc1c(C)cc2c(c1O)[C@@H]1C3[C@@H]4SC[C@]5(N[C@H](COC(C)=O)Cc6c5oc5ccccc65)C(=O)OCC(c5c6c(c(C)c(OC(C)=O)c54)OCO6)N3[C@@]3(C)CN1[C@]2(C)C3. The molecule has 0 amide bonds. The minimum Gasteiger partial charge on any atom is -0.504 e. The van der Waals surface area contributed by atoms with Crippen molar-refractivity contribution in [1.82, 2.24) is 15.1 Å². The van der Waals surface area contributed by atoms with Crippen LogP contribution in [-0.2, 0) is 41.4 Å². The molecule has 2 unspecified atom stereocenters. The molecule has 4 bridgehead atoms. The van der Waals surface area contributed by atoms with Crippen LogP contribution < -0.4 is 24.3 Å². The maximum atomic E-state index is 15.2. The van der Waals surface area contributed by atoms with Gasteiger partial charge < -0.3 is 37.9 Å².